The number of fused-ring (bicyclic) bond motifs is 4. The highest BCUT2D eigenvalue weighted by Gasteiger charge is 2.39. The molecule has 0 saturated carbocycles. The maximum atomic E-state index is 14.8. The Morgan fingerprint density at radius 2 is 1.96 bits per heavy atom. The van der Waals surface area contributed by atoms with Gasteiger partial charge in [0.2, 0.25) is 5.91 Å². The van der Waals surface area contributed by atoms with E-state index in [0.717, 1.165) is 12.1 Å². The van der Waals surface area contributed by atoms with Crippen molar-refractivity contribution in [1.29, 1.82) is 5.26 Å². The van der Waals surface area contributed by atoms with E-state index in [1.165, 1.54) is 12.0 Å². The van der Waals surface area contributed by atoms with Crippen molar-refractivity contribution in [2.75, 3.05) is 37.4 Å². The van der Waals surface area contributed by atoms with Gasteiger partial charge in [-0.1, -0.05) is 24.4 Å². The molecular weight excluding hydrogens is 652 g/mol. The van der Waals surface area contributed by atoms with Crippen LogP contribution >= 0.6 is 11.6 Å². The molecule has 0 radical (unpaired) electrons. The van der Waals surface area contributed by atoms with Crippen LogP contribution in [0.15, 0.2) is 30.3 Å². The lowest BCUT2D eigenvalue weighted by molar-refractivity contribution is -0.142. The van der Waals surface area contributed by atoms with Gasteiger partial charge in [-0.3, -0.25) is 15.0 Å². The molecule has 0 aliphatic carbocycles. The number of benzene rings is 2. The van der Waals surface area contributed by atoms with Gasteiger partial charge in [-0.2, -0.15) is 5.26 Å². The third kappa shape index (κ3) is 6.45. The summed E-state index contributed by atoms with van der Waals surface area (Å²) < 4.78 is 39.7. The number of carbonyl (C=O) groups excluding carboxylic acids is 3. The van der Waals surface area contributed by atoms with E-state index < -0.39 is 53.7 Å². The van der Waals surface area contributed by atoms with Crippen LogP contribution in [0.3, 0.4) is 0 Å². The highest BCUT2D eigenvalue weighted by atomic mass is 35.5. The lowest BCUT2D eigenvalue weighted by Crippen LogP contribution is -2.57. The summed E-state index contributed by atoms with van der Waals surface area (Å²) in [5, 5.41) is 25.6. The number of ether oxygens (including phenoxy) is 2. The lowest BCUT2D eigenvalue weighted by Gasteiger charge is -2.39. The topological polar surface area (TPSA) is 173 Å². The van der Waals surface area contributed by atoms with Crippen molar-refractivity contribution >= 4 is 41.1 Å². The number of rotatable bonds is 4. The molecule has 4 N–H and O–H groups in total. The van der Waals surface area contributed by atoms with Crippen LogP contribution in [0.2, 0.25) is 5.02 Å². The zero-order valence-corrected chi connectivity index (χ0v) is 26.5. The predicted octanol–water partition coefficient (Wildman–Crippen LogP) is 5.24. The molecular formula is C32H32ClF2N7O6. The summed E-state index contributed by atoms with van der Waals surface area (Å²) >= 11 is 5.88. The minimum Gasteiger partial charge on any atom is -0.453 e. The molecule has 3 amide bonds. The minimum absolute atomic E-state index is 0.0656. The van der Waals surface area contributed by atoms with Crippen LogP contribution in [0.5, 0.6) is 0 Å². The Morgan fingerprint density at radius 1 is 1.19 bits per heavy atom. The molecule has 1 aromatic heterocycles. The second-order valence-electron chi connectivity index (χ2n) is 11.8. The van der Waals surface area contributed by atoms with Gasteiger partial charge < -0.3 is 29.8 Å². The molecule has 3 atom stereocenters. The van der Waals surface area contributed by atoms with Gasteiger partial charge >= 0.3 is 12.2 Å². The SMILES string of the molecule is COC(=O)Nc1ccc2c(c1)N[C@@H](C(=O)N1CC(O)C1)CCCC[C@H](N1CCC(c3c(F)ccc(Cl)c3F)OC1=O)c1nc-2c(C#N)[nH]1. The number of nitriles is 1. The third-order valence-corrected chi connectivity index (χ3v) is 9.06. The number of likely N-dealkylation sites (tertiary alicyclic amines) is 1. The van der Waals surface area contributed by atoms with Gasteiger partial charge in [-0.15, -0.1) is 0 Å². The van der Waals surface area contributed by atoms with Crippen LogP contribution in [-0.2, 0) is 14.3 Å². The summed E-state index contributed by atoms with van der Waals surface area (Å²) in [6, 6.07) is 7.63. The molecule has 3 aliphatic heterocycles. The molecule has 4 heterocycles. The fourth-order valence-corrected chi connectivity index (χ4v) is 6.45. The first-order valence-electron chi connectivity index (χ1n) is 15.4. The van der Waals surface area contributed by atoms with Crippen molar-refractivity contribution in [1.82, 2.24) is 19.8 Å². The number of nitrogens with zero attached hydrogens (tertiary/aromatic N) is 4. The first kappa shape index (κ1) is 33.0. The minimum atomic E-state index is -1.20. The number of hydrogen-bond acceptors (Lipinski definition) is 9. The number of anilines is 2. The van der Waals surface area contributed by atoms with Crippen molar-refractivity contribution in [3.8, 4) is 17.3 Å². The van der Waals surface area contributed by atoms with Crippen molar-refractivity contribution < 1.29 is 37.7 Å². The maximum absolute atomic E-state index is 14.8. The number of aliphatic hydroxyl groups excluding tert-OH is 1. The molecule has 6 rings (SSSR count). The number of aromatic amines is 1. The van der Waals surface area contributed by atoms with Crippen molar-refractivity contribution in [2.45, 2.75) is 56.4 Å². The predicted molar refractivity (Wildman–Crippen MR) is 168 cm³/mol. The fourth-order valence-electron chi connectivity index (χ4n) is 6.29. The zero-order chi connectivity index (χ0) is 34.1. The number of β-amino-alcohol motifs (C(OH)–C–C–N with tert-alkyl or cyclic N) is 1. The second-order valence-corrected chi connectivity index (χ2v) is 12.2. The van der Waals surface area contributed by atoms with Crippen molar-refractivity contribution in [3.05, 3.63) is 64.1 Å². The molecule has 13 nitrogen and oxygen atoms in total. The van der Waals surface area contributed by atoms with E-state index >= 15 is 0 Å². The van der Waals surface area contributed by atoms with E-state index in [4.69, 9.17) is 26.1 Å². The summed E-state index contributed by atoms with van der Waals surface area (Å²) in [6.07, 6.45) is -1.43. The number of halogens is 3. The Morgan fingerprint density at radius 3 is 2.67 bits per heavy atom. The number of methoxy groups -OCH3 is 1. The summed E-state index contributed by atoms with van der Waals surface area (Å²) in [5.41, 5.74) is 1.11. The van der Waals surface area contributed by atoms with Gasteiger partial charge in [0.15, 0.2) is 5.82 Å². The molecule has 1 unspecified atom stereocenters. The molecule has 252 valence electrons. The lowest BCUT2D eigenvalue weighted by atomic mass is 9.98. The number of nitrogens with one attached hydrogen (secondary N) is 3. The molecule has 2 fully saturated rings. The van der Waals surface area contributed by atoms with Crippen LogP contribution in [0.25, 0.3) is 11.3 Å². The van der Waals surface area contributed by atoms with Crippen molar-refractivity contribution in [2.24, 2.45) is 0 Å². The molecule has 2 saturated heterocycles. The van der Waals surface area contributed by atoms with Crippen LogP contribution < -0.4 is 10.6 Å². The van der Waals surface area contributed by atoms with E-state index in [1.807, 2.05) is 0 Å². The van der Waals surface area contributed by atoms with Crippen LogP contribution in [0.4, 0.5) is 29.7 Å². The second kappa shape index (κ2) is 13.7. The number of aliphatic hydroxyl groups is 1. The molecule has 0 spiro atoms. The molecule has 2 bridgehead atoms. The van der Waals surface area contributed by atoms with Gasteiger partial charge in [0.25, 0.3) is 0 Å². The monoisotopic (exact) mass is 683 g/mol. The van der Waals surface area contributed by atoms with Crippen LogP contribution in [0, 0.1) is 23.0 Å². The van der Waals surface area contributed by atoms with E-state index in [1.54, 1.807) is 23.1 Å². The normalized spacial score (nSPS) is 21.3. The molecule has 2 aromatic carbocycles. The van der Waals surface area contributed by atoms with Gasteiger partial charge in [0.05, 0.1) is 29.8 Å². The fraction of sp³-hybridized carbons (Fsp3) is 0.406. The van der Waals surface area contributed by atoms with E-state index in [2.05, 4.69) is 21.7 Å². The molecule has 3 aromatic rings. The van der Waals surface area contributed by atoms with Crippen LogP contribution in [-0.4, -0.2) is 81.9 Å². The molecule has 3 aliphatic rings. The summed E-state index contributed by atoms with van der Waals surface area (Å²) in [5.74, 6) is -1.78. The average molecular weight is 684 g/mol. The highest BCUT2D eigenvalue weighted by molar-refractivity contribution is 6.30. The Bertz CT molecular complexity index is 1790. The van der Waals surface area contributed by atoms with Crippen LogP contribution in [0.1, 0.15) is 61.3 Å². The largest absolute Gasteiger partial charge is 0.453 e. The quantitative estimate of drug-likeness (QED) is 0.268. The summed E-state index contributed by atoms with van der Waals surface area (Å²) in [4.78, 5) is 49.8. The number of amides is 3. The van der Waals surface area contributed by atoms with Gasteiger partial charge in [0, 0.05) is 43.0 Å². The highest BCUT2D eigenvalue weighted by Crippen LogP contribution is 2.39. The number of imidazole rings is 1. The number of carbonyl (C=O) groups is 3. The van der Waals surface area contributed by atoms with Gasteiger partial charge in [-0.25, -0.2) is 23.4 Å². The summed E-state index contributed by atoms with van der Waals surface area (Å²) in [6.45, 7) is 0.479. The van der Waals surface area contributed by atoms with Gasteiger partial charge in [0.1, 0.15) is 41.2 Å². The Kier molecular flexibility index (Phi) is 9.38. The summed E-state index contributed by atoms with van der Waals surface area (Å²) in [7, 11) is 1.23. The standard InChI is InChI=1S/C32H32ClF2N7O6/c1-47-31(45)37-16-6-7-18-22(12-16)38-21(30(44)41-14-17(43)15-41)4-2-3-5-24(29-39-23(13-36)28(18)40-29)42-11-10-25(48-32(42)46)26-20(34)9-8-19(33)27(26)35/h6-9,12,17,21,24-25,38,43H,2-5,10-11,14-15H2,1H3,(H,37,45)(H,39,40)/t21-,24+,25?/m1/s1. The molecule has 16 heteroatoms. The van der Waals surface area contributed by atoms with Crippen molar-refractivity contribution in [3.63, 3.8) is 0 Å². The van der Waals surface area contributed by atoms with Gasteiger partial charge in [-0.05, 0) is 43.2 Å². The first-order valence-corrected chi connectivity index (χ1v) is 15.8. The number of cyclic esters (lactones) is 1. The smallest absolute Gasteiger partial charge is 0.411 e. The Hall–Kier alpha value is -4.94. The number of hydrogen-bond donors (Lipinski definition) is 4. The van der Waals surface area contributed by atoms with E-state index in [0.29, 0.717) is 48.4 Å². The Labute approximate surface area is 278 Å². The maximum Gasteiger partial charge on any atom is 0.411 e. The third-order valence-electron chi connectivity index (χ3n) is 8.77. The number of H-pyrrole nitrogens is 1. The zero-order valence-electron chi connectivity index (χ0n) is 25.8. The Balaban J connectivity index is 1.35. The average Bonchev–Trinajstić information content (AvgIpc) is 3.48. The first-order chi connectivity index (χ1) is 23.1. The number of aromatic nitrogens is 2. The van der Waals surface area contributed by atoms with E-state index in [-0.39, 0.29) is 48.4 Å². The molecule has 48 heavy (non-hydrogen) atoms. The van der Waals surface area contributed by atoms with E-state index in [9.17, 15) is 33.5 Å².